The Kier molecular flexibility index (Phi) is 17.3. The molecule has 2 aromatic rings. The number of hydrazine groups is 2. The van der Waals surface area contributed by atoms with Crippen molar-refractivity contribution < 1.29 is 29.4 Å². The predicted octanol–water partition coefficient (Wildman–Crippen LogP) is 6.40. The number of carbonyl (C=O) groups excluding carboxylic acids is 4. The summed E-state index contributed by atoms with van der Waals surface area (Å²) in [5.41, 5.74) is 12.0. The number of aromatic hydroxyl groups is 2. The van der Waals surface area contributed by atoms with Crippen LogP contribution < -0.4 is 21.7 Å². The average molecular weight is 639 g/mol. The third-order valence-electron chi connectivity index (χ3n) is 8.43. The van der Waals surface area contributed by atoms with Crippen LogP contribution in [-0.4, -0.2) is 33.8 Å². The van der Waals surface area contributed by atoms with E-state index in [1.807, 2.05) is 13.8 Å². The van der Waals surface area contributed by atoms with Crippen LogP contribution in [0.4, 0.5) is 0 Å². The zero-order valence-electron chi connectivity index (χ0n) is 28.0. The van der Waals surface area contributed by atoms with Gasteiger partial charge in [0.25, 0.3) is 11.8 Å². The van der Waals surface area contributed by atoms with Gasteiger partial charge >= 0.3 is 0 Å². The van der Waals surface area contributed by atoms with Gasteiger partial charge in [0, 0.05) is 11.8 Å². The third kappa shape index (κ3) is 12.7. The van der Waals surface area contributed by atoms with Crippen LogP contribution in [0.25, 0.3) is 0 Å². The van der Waals surface area contributed by atoms with Crippen LogP contribution in [0.2, 0.25) is 0 Å². The molecule has 2 unspecified atom stereocenters. The number of rotatable bonds is 19. The minimum atomic E-state index is -0.572. The first-order valence-corrected chi connectivity index (χ1v) is 17.0. The first-order valence-electron chi connectivity index (χ1n) is 17.0. The van der Waals surface area contributed by atoms with Gasteiger partial charge < -0.3 is 10.2 Å². The molecule has 2 atom stereocenters. The summed E-state index contributed by atoms with van der Waals surface area (Å²) in [4.78, 5) is 51.0. The maximum atomic E-state index is 12.8. The van der Waals surface area contributed by atoms with E-state index in [1.165, 1.54) is 12.1 Å². The van der Waals surface area contributed by atoms with Gasteiger partial charge in [-0.05, 0) is 86.8 Å². The molecule has 2 rings (SSSR count). The molecule has 10 heteroatoms. The summed E-state index contributed by atoms with van der Waals surface area (Å²) in [5.74, 6) is -2.69. The number of benzene rings is 2. The molecule has 10 nitrogen and oxygen atoms in total. The van der Waals surface area contributed by atoms with Crippen molar-refractivity contribution in [2.24, 2.45) is 11.8 Å². The fourth-order valence-corrected chi connectivity index (χ4v) is 5.40. The van der Waals surface area contributed by atoms with Gasteiger partial charge in [-0.3, -0.25) is 40.9 Å². The Bertz CT molecular complexity index is 1180. The number of amides is 4. The maximum absolute atomic E-state index is 12.8. The van der Waals surface area contributed by atoms with E-state index in [4.69, 9.17) is 0 Å². The topological polar surface area (TPSA) is 157 Å². The third-order valence-corrected chi connectivity index (χ3v) is 8.43. The van der Waals surface area contributed by atoms with Crippen molar-refractivity contribution in [1.82, 2.24) is 21.7 Å². The summed E-state index contributed by atoms with van der Waals surface area (Å²) in [6.07, 6.45) is 11.7. The Morgan fingerprint density at radius 2 is 0.957 bits per heavy atom. The molecule has 254 valence electrons. The predicted molar refractivity (Wildman–Crippen MR) is 180 cm³/mol. The maximum Gasteiger partial charge on any atom is 0.273 e. The van der Waals surface area contributed by atoms with Crippen LogP contribution in [0.5, 0.6) is 11.5 Å². The Labute approximate surface area is 274 Å². The average Bonchev–Trinajstić information content (AvgIpc) is 3.05. The highest BCUT2D eigenvalue weighted by Crippen LogP contribution is 2.22. The summed E-state index contributed by atoms with van der Waals surface area (Å²) in [7, 11) is 0. The number of aryl methyl sites for hydroxylation is 2. The van der Waals surface area contributed by atoms with Crippen LogP contribution in [0.1, 0.15) is 137 Å². The van der Waals surface area contributed by atoms with E-state index in [9.17, 15) is 29.4 Å². The van der Waals surface area contributed by atoms with Gasteiger partial charge in [0.2, 0.25) is 11.8 Å². The monoisotopic (exact) mass is 638 g/mol. The standard InChI is InChI=1S/C36H54N4O6/c1-5-9-11-15-25-19-21-31(41)29(23-25)35(45)39-37-33(43)27(7-3)17-13-14-18-28(8-4)34(44)38-40-36(46)30-24-26(16-12-10-6-2)20-22-32(30)42/h19-24,27-28,41-42H,5-18H2,1-4H3,(H,37,43)(H,38,44)(H,39,45)(H,40,46). The molecule has 0 heterocycles. The molecule has 0 saturated carbocycles. The second-order valence-electron chi connectivity index (χ2n) is 12.0. The summed E-state index contributed by atoms with van der Waals surface area (Å²) in [6.45, 7) is 8.05. The molecule has 0 aromatic heterocycles. The van der Waals surface area contributed by atoms with Crippen LogP contribution in [0.3, 0.4) is 0 Å². The molecule has 0 bridgehead atoms. The lowest BCUT2D eigenvalue weighted by molar-refractivity contribution is -0.127. The molecular weight excluding hydrogens is 584 g/mol. The lowest BCUT2D eigenvalue weighted by atomic mass is 9.94. The highest BCUT2D eigenvalue weighted by atomic mass is 16.3. The fourth-order valence-electron chi connectivity index (χ4n) is 5.40. The number of carbonyl (C=O) groups is 4. The summed E-state index contributed by atoms with van der Waals surface area (Å²) in [6, 6.07) is 9.93. The molecule has 2 aromatic carbocycles. The highest BCUT2D eigenvalue weighted by Gasteiger charge is 2.21. The Morgan fingerprint density at radius 1 is 0.565 bits per heavy atom. The fraction of sp³-hybridized carbons (Fsp3) is 0.556. The van der Waals surface area contributed by atoms with Crippen LogP contribution in [-0.2, 0) is 22.4 Å². The molecule has 0 aliphatic rings. The number of phenols is 2. The van der Waals surface area contributed by atoms with E-state index in [-0.39, 0.29) is 46.3 Å². The molecule has 0 aliphatic heterocycles. The molecule has 0 aliphatic carbocycles. The van der Waals surface area contributed by atoms with E-state index in [0.29, 0.717) is 38.5 Å². The number of phenolic OH excluding ortho intramolecular Hbond substituents is 2. The molecule has 0 fully saturated rings. The molecular formula is C36H54N4O6. The van der Waals surface area contributed by atoms with E-state index in [0.717, 1.165) is 62.5 Å². The number of nitrogens with one attached hydrogen (secondary N) is 4. The quantitative estimate of drug-likeness (QED) is 0.0773. The van der Waals surface area contributed by atoms with E-state index in [1.54, 1.807) is 24.3 Å². The molecule has 0 spiro atoms. The SMILES string of the molecule is CCCCCc1ccc(O)c(C(=O)NNC(=O)C(CC)CCCCC(CC)C(=O)NNC(=O)c2cc(CCCCC)ccc2O)c1. The van der Waals surface area contributed by atoms with Crippen molar-refractivity contribution in [1.29, 1.82) is 0 Å². The molecule has 0 radical (unpaired) electrons. The smallest absolute Gasteiger partial charge is 0.273 e. The van der Waals surface area contributed by atoms with Gasteiger partial charge in [0.1, 0.15) is 11.5 Å². The van der Waals surface area contributed by atoms with E-state index < -0.39 is 11.8 Å². The van der Waals surface area contributed by atoms with Gasteiger partial charge in [-0.25, -0.2) is 0 Å². The van der Waals surface area contributed by atoms with Crippen molar-refractivity contribution in [3.8, 4) is 11.5 Å². The van der Waals surface area contributed by atoms with Crippen molar-refractivity contribution in [2.75, 3.05) is 0 Å². The summed E-state index contributed by atoms with van der Waals surface area (Å²) < 4.78 is 0. The van der Waals surface area contributed by atoms with Crippen LogP contribution in [0.15, 0.2) is 36.4 Å². The van der Waals surface area contributed by atoms with E-state index in [2.05, 4.69) is 35.6 Å². The minimum absolute atomic E-state index is 0.121. The molecule has 46 heavy (non-hydrogen) atoms. The van der Waals surface area contributed by atoms with E-state index >= 15 is 0 Å². The summed E-state index contributed by atoms with van der Waals surface area (Å²) in [5, 5.41) is 20.4. The largest absolute Gasteiger partial charge is 0.507 e. The second-order valence-corrected chi connectivity index (χ2v) is 12.0. The van der Waals surface area contributed by atoms with Crippen LogP contribution >= 0.6 is 0 Å². The Hall–Kier alpha value is -4.08. The van der Waals surface area contributed by atoms with Gasteiger partial charge in [0.15, 0.2) is 0 Å². The highest BCUT2D eigenvalue weighted by molar-refractivity contribution is 5.98. The lowest BCUT2D eigenvalue weighted by Gasteiger charge is -2.18. The number of hydrogen-bond donors (Lipinski definition) is 6. The normalized spacial score (nSPS) is 12.2. The van der Waals surface area contributed by atoms with Gasteiger partial charge in [0.05, 0.1) is 11.1 Å². The van der Waals surface area contributed by atoms with Gasteiger partial charge in [-0.15, -0.1) is 0 Å². The molecule has 6 N–H and O–H groups in total. The zero-order valence-corrected chi connectivity index (χ0v) is 28.0. The molecule has 0 saturated heterocycles. The Morgan fingerprint density at radius 3 is 1.30 bits per heavy atom. The summed E-state index contributed by atoms with van der Waals surface area (Å²) >= 11 is 0. The van der Waals surface area contributed by atoms with Crippen molar-refractivity contribution in [2.45, 2.75) is 118 Å². The minimum Gasteiger partial charge on any atom is -0.507 e. The van der Waals surface area contributed by atoms with Crippen molar-refractivity contribution >= 4 is 23.6 Å². The number of unbranched alkanes of at least 4 members (excludes halogenated alkanes) is 5. The first-order chi connectivity index (χ1) is 22.1. The van der Waals surface area contributed by atoms with Crippen molar-refractivity contribution in [3.63, 3.8) is 0 Å². The Balaban J connectivity index is 1.79. The number of hydrogen-bond acceptors (Lipinski definition) is 6. The van der Waals surface area contributed by atoms with Gasteiger partial charge in [-0.1, -0.05) is 78.4 Å². The molecule has 4 amide bonds. The zero-order chi connectivity index (χ0) is 33.9. The van der Waals surface area contributed by atoms with Crippen LogP contribution in [0, 0.1) is 11.8 Å². The lowest BCUT2D eigenvalue weighted by Crippen LogP contribution is -2.44. The second kappa shape index (κ2) is 20.9. The van der Waals surface area contributed by atoms with Gasteiger partial charge in [-0.2, -0.15) is 0 Å². The first kappa shape index (κ1) is 38.1. The van der Waals surface area contributed by atoms with Crippen molar-refractivity contribution in [3.05, 3.63) is 58.7 Å².